The van der Waals surface area contributed by atoms with Gasteiger partial charge in [0.2, 0.25) is 0 Å². The van der Waals surface area contributed by atoms with Gasteiger partial charge in [0.25, 0.3) is 0 Å². The van der Waals surface area contributed by atoms with Gasteiger partial charge in [-0.05, 0) is 54.7 Å². The molecule has 0 bridgehead atoms. The van der Waals surface area contributed by atoms with E-state index in [1.165, 1.54) is 0 Å². The Kier molecular flexibility index (Phi) is 6.34. The molecule has 4 N–H and O–H groups in total. The van der Waals surface area contributed by atoms with Crippen LogP contribution in [0.1, 0.15) is 22.2 Å². The highest BCUT2D eigenvalue weighted by Gasteiger charge is 2.23. The average molecular weight is 463 g/mol. The molecule has 1 aromatic carbocycles. The van der Waals surface area contributed by atoms with Crippen LogP contribution in [-0.2, 0) is 16.0 Å². The summed E-state index contributed by atoms with van der Waals surface area (Å²) in [6, 6.07) is 9.78. The van der Waals surface area contributed by atoms with Crippen LogP contribution in [0.4, 0.5) is 17.2 Å². The zero-order valence-corrected chi connectivity index (χ0v) is 19.0. The second kappa shape index (κ2) is 9.70. The summed E-state index contributed by atoms with van der Waals surface area (Å²) in [5.74, 6) is 0.643. The topological polar surface area (TPSA) is 105 Å². The van der Waals surface area contributed by atoms with E-state index in [1.54, 1.807) is 17.5 Å². The number of nitrogens with zero attached hydrogens (tertiary/aromatic N) is 3. The van der Waals surface area contributed by atoms with Crippen molar-refractivity contribution < 1.29 is 9.53 Å². The summed E-state index contributed by atoms with van der Waals surface area (Å²) < 4.78 is 5.45. The Morgan fingerprint density at radius 1 is 1.21 bits per heavy atom. The number of anilines is 3. The van der Waals surface area contributed by atoms with E-state index >= 15 is 0 Å². The summed E-state index contributed by atoms with van der Waals surface area (Å²) in [5, 5.41) is 9.54. The van der Waals surface area contributed by atoms with Gasteiger partial charge in [0.1, 0.15) is 18.1 Å². The minimum absolute atomic E-state index is 0.468. The third-order valence-electron chi connectivity index (χ3n) is 5.76. The van der Waals surface area contributed by atoms with Crippen LogP contribution in [0.25, 0.3) is 17.5 Å². The molecule has 0 amide bonds. The fourth-order valence-corrected chi connectivity index (χ4v) is 4.89. The molecule has 1 saturated heterocycles. The number of rotatable bonds is 7. The maximum atomic E-state index is 11.8. The number of hydrogen-bond acceptors (Lipinski definition) is 9. The van der Waals surface area contributed by atoms with Crippen LogP contribution in [0.3, 0.4) is 0 Å². The first kappa shape index (κ1) is 21.6. The summed E-state index contributed by atoms with van der Waals surface area (Å²) in [7, 11) is 0. The summed E-state index contributed by atoms with van der Waals surface area (Å²) in [5.41, 5.74) is 11.1. The van der Waals surface area contributed by atoms with Crippen molar-refractivity contribution in [3.63, 3.8) is 0 Å². The highest BCUT2D eigenvalue weighted by atomic mass is 32.1. The van der Waals surface area contributed by atoms with Crippen LogP contribution in [0.5, 0.6) is 0 Å². The van der Waals surface area contributed by atoms with E-state index in [0.717, 1.165) is 77.9 Å². The number of carbonyl (C=O) groups is 1. The SMILES string of the molecule is NCCc1nc(-c2cc3c(c(Nc4ccc(N5CCOCC5)cc4)n2)C(C=O)NC=C3)cs1. The molecule has 5 rings (SSSR count). The lowest BCUT2D eigenvalue weighted by molar-refractivity contribution is -0.109. The molecule has 4 heterocycles. The molecule has 8 nitrogen and oxygen atoms in total. The summed E-state index contributed by atoms with van der Waals surface area (Å²) >= 11 is 1.58. The molecule has 3 aromatic rings. The Balaban J connectivity index is 1.48. The Labute approximate surface area is 196 Å². The van der Waals surface area contributed by atoms with Gasteiger partial charge in [-0.2, -0.15) is 0 Å². The van der Waals surface area contributed by atoms with Crippen molar-refractivity contribution in [3.05, 3.63) is 58.0 Å². The Bertz CT molecular complexity index is 1150. The number of aldehydes is 1. The van der Waals surface area contributed by atoms with Crippen LogP contribution in [0, 0.1) is 0 Å². The number of fused-ring (bicyclic) bond motifs is 1. The van der Waals surface area contributed by atoms with Crippen molar-refractivity contribution >= 4 is 40.9 Å². The summed E-state index contributed by atoms with van der Waals surface area (Å²) in [6.07, 6.45) is 5.40. The highest BCUT2D eigenvalue weighted by molar-refractivity contribution is 7.09. The van der Waals surface area contributed by atoms with E-state index in [-0.39, 0.29) is 0 Å². The lowest BCUT2D eigenvalue weighted by Gasteiger charge is -2.29. The molecule has 1 unspecified atom stereocenters. The van der Waals surface area contributed by atoms with Gasteiger partial charge in [-0.15, -0.1) is 11.3 Å². The van der Waals surface area contributed by atoms with Gasteiger partial charge in [-0.1, -0.05) is 0 Å². The van der Waals surface area contributed by atoms with Gasteiger partial charge in [0.15, 0.2) is 0 Å². The van der Waals surface area contributed by atoms with Gasteiger partial charge >= 0.3 is 0 Å². The Morgan fingerprint density at radius 2 is 2.03 bits per heavy atom. The number of nitrogens with two attached hydrogens (primary N) is 1. The van der Waals surface area contributed by atoms with Crippen molar-refractivity contribution in [1.82, 2.24) is 15.3 Å². The van der Waals surface area contributed by atoms with Gasteiger partial charge < -0.3 is 30.8 Å². The second-order valence-corrected chi connectivity index (χ2v) is 8.85. The number of ether oxygens (including phenoxy) is 1. The third kappa shape index (κ3) is 4.61. The first-order chi connectivity index (χ1) is 16.2. The third-order valence-corrected chi connectivity index (χ3v) is 6.66. The van der Waals surface area contributed by atoms with E-state index < -0.39 is 6.04 Å². The van der Waals surface area contributed by atoms with Crippen LogP contribution in [0.2, 0.25) is 0 Å². The number of pyridine rings is 1. The second-order valence-electron chi connectivity index (χ2n) is 7.91. The van der Waals surface area contributed by atoms with Crippen LogP contribution in [-0.4, -0.2) is 49.1 Å². The van der Waals surface area contributed by atoms with Gasteiger partial charge in [0.05, 0.1) is 29.6 Å². The van der Waals surface area contributed by atoms with Gasteiger partial charge in [-0.3, -0.25) is 0 Å². The first-order valence-corrected chi connectivity index (χ1v) is 11.9. The van der Waals surface area contributed by atoms with E-state index in [0.29, 0.717) is 12.4 Å². The normalized spacial score (nSPS) is 17.4. The zero-order valence-electron chi connectivity index (χ0n) is 18.2. The molecule has 0 spiro atoms. The minimum atomic E-state index is -0.468. The molecule has 9 heteroatoms. The van der Waals surface area contributed by atoms with E-state index in [1.807, 2.05) is 29.7 Å². The molecular formula is C24H26N6O2S. The number of thiazole rings is 1. The lowest BCUT2D eigenvalue weighted by Crippen LogP contribution is -2.36. The maximum Gasteiger partial charge on any atom is 0.146 e. The molecule has 2 aliphatic rings. The molecule has 2 aromatic heterocycles. The summed E-state index contributed by atoms with van der Waals surface area (Å²) in [6.45, 7) is 3.85. The molecule has 0 aliphatic carbocycles. The van der Waals surface area contributed by atoms with Gasteiger partial charge in [-0.25, -0.2) is 9.97 Å². The smallest absolute Gasteiger partial charge is 0.146 e. The van der Waals surface area contributed by atoms with E-state index in [2.05, 4.69) is 27.7 Å². The number of hydrogen-bond donors (Lipinski definition) is 3. The number of morpholine rings is 1. The van der Waals surface area contributed by atoms with Crippen LogP contribution in [0.15, 0.2) is 41.9 Å². The standard InChI is InChI=1S/C24H26N6O2S/c25-7-5-22-28-21(15-33-22)19-13-16-6-8-26-20(14-31)23(16)24(29-19)27-17-1-3-18(4-2-17)30-9-11-32-12-10-30/h1-4,6,8,13-15,20,26H,5,7,9-12,25H2,(H,27,29). The minimum Gasteiger partial charge on any atom is -0.378 e. The average Bonchev–Trinajstić information content (AvgIpc) is 3.33. The van der Waals surface area contributed by atoms with Crippen LogP contribution >= 0.6 is 11.3 Å². The largest absolute Gasteiger partial charge is 0.378 e. The van der Waals surface area contributed by atoms with Crippen molar-refractivity contribution in [2.75, 3.05) is 43.1 Å². The van der Waals surface area contributed by atoms with Crippen LogP contribution < -0.4 is 21.3 Å². The van der Waals surface area contributed by atoms with E-state index in [9.17, 15) is 4.79 Å². The Morgan fingerprint density at radius 3 is 2.79 bits per heavy atom. The fraction of sp³-hybridized carbons (Fsp3) is 0.292. The fourth-order valence-electron chi connectivity index (χ4n) is 4.08. The first-order valence-electron chi connectivity index (χ1n) is 11.0. The maximum absolute atomic E-state index is 11.8. The van der Waals surface area contributed by atoms with Crippen molar-refractivity contribution in [3.8, 4) is 11.4 Å². The zero-order chi connectivity index (χ0) is 22.6. The predicted octanol–water partition coefficient (Wildman–Crippen LogP) is 3.10. The van der Waals surface area contributed by atoms with Crippen molar-refractivity contribution in [2.24, 2.45) is 5.73 Å². The molecule has 1 atom stereocenters. The molecule has 0 radical (unpaired) electrons. The van der Waals surface area contributed by atoms with E-state index in [4.69, 9.17) is 20.4 Å². The molecule has 170 valence electrons. The molecular weight excluding hydrogens is 436 g/mol. The lowest BCUT2D eigenvalue weighted by atomic mass is 9.98. The van der Waals surface area contributed by atoms with Crippen molar-refractivity contribution in [1.29, 1.82) is 0 Å². The monoisotopic (exact) mass is 462 g/mol. The van der Waals surface area contributed by atoms with Crippen molar-refractivity contribution in [2.45, 2.75) is 12.5 Å². The highest BCUT2D eigenvalue weighted by Crippen LogP contribution is 2.34. The summed E-state index contributed by atoms with van der Waals surface area (Å²) in [4.78, 5) is 23.7. The number of aromatic nitrogens is 2. The predicted molar refractivity (Wildman–Crippen MR) is 132 cm³/mol. The molecule has 2 aliphatic heterocycles. The number of carbonyl (C=O) groups excluding carboxylic acids is 1. The number of benzene rings is 1. The molecule has 1 fully saturated rings. The quantitative estimate of drug-likeness (QED) is 0.460. The molecule has 0 saturated carbocycles. The number of nitrogens with one attached hydrogen (secondary N) is 2. The Hall–Kier alpha value is -3.27. The molecule has 33 heavy (non-hydrogen) atoms. The van der Waals surface area contributed by atoms with Gasteiger partial charge in [0, 0.05) is 41.8 Å².